The summed E-state index contributed by atoms with van der Waals surface area (Å²) < 4.78 is 0. The van der Waals surface area contributed by atoms with Gasteiger partial charge in [-0.15, -0.1) is 0 Å². The molecule has 6 nitrogen and oxygen atoms in total. The molecule has 1 aliphatic rings. The van der Waals surface area contributed by atoms with E-state index in [1.165, 1.54) is 22.4 Å². The van der Waals surface area contributed by atoms with Gasteiger partial charge in [0, 0.05) is 58.5 Å². The van der Waals surface area contributed by atoms with Gasteiger partial charge in [-0.05, 0) is 55.5 Å². The van der Waals surface area contributed by atoms with Crippen molar-refractivity contribution >= 4 is 11.6 Å². The van der Waals surface area contributed by atoms with Gasteiger partial charge >= 0.3 is 0 Å². The fourth-order valence-electron chi connectivity index (χ4n) is 4.11. The first kappa shape index (κ1) is 24.1. The third kappa shape index (κ3) is 7.53. The van der Waals surface area contributed by atoms with Crippen LogP contribution in [-0.4, -0.2) is 61.8 Å². The molecule has 0 aliphatic carbocycles. The molecule has 3 N–H and O–H groups in total. The molecule has 0 unspecified atom stereocenters. The van der Waals surface area contributed by atoms with Crippen molar-refractivity contribution < 1.29 is 5.11 Å². The average Bonchev–Trinajstić information content (AvgIpc) is 2.81. The van der Waals surface area contributed by atoms with Crippen LogP contribution in [-0.2, 0) is 13.1 Å². The summed E-state index contributed by atoms with van der Waals surface area (Å²) in [5.74, 6) is 0.821. The number of nitrogens with zero attached hydrogens (tertiary/aromatic N) is 3. The Morgan fingerprint density at radius 3 is 2.47 bits per heavy atom. The minimum absolute atomic E-state index is 0.115. The number of benzene rings is 2. The summed E-state index contributed by atoms with van der Waals surface area (Å²) >= 11 is 0. The van der Waals surface area contributed by atoms with Gasteiger partial charge in [-0.3, -0.25) is 9.89 Å². The monoisotopic (exact) mass is 437 g/mol. The van der Waals surface area contributed by atoms with E-state index in [2.05, 4.69) is 87.8 Å². The number of rotatable bonds is 9. The Kier molecular flexibility index (Phi) is 9.38. The van der Waals surface area contributed by atoms with Crippen LogP contribution in [0.3, 0.4) is 0 Å². The lowest BCUT2D eigenvalue weighted by molar-refractivity contribution is 0.0792. The topological polar surface area (TPSA) is 63.1 Å². The lowest BCUT2D eigenvalue weighted by atomic mass is 10.1. The molecule has 32 heavy (non-hydrogen) atoms. The van der Waals surface area contributed by atoms with Crippen LogP contribution in [0.25, 0.3) is 0 Å². The molecule has 1 fully saturated rings. The Morgan fingerprint density at radius 1 is 1.09 bits per heavy atom. The molecule has 1 saturated heterocycles. The molecule has 0 atom stereocenters. The molecule has 0 saturated carbocycles. The summed E-state index contributed by atoms with van der Waals surface area (Å²) in [7, 11) is 1.81. The van der Waals surface area contributed by atoms with Gasteiger partial charge in [-0.25, -0.2) is 0 Å². The average molecular weight is 438 g/mol. The van der Waals surface area contributed by atoms with Gasteiger partial charge in [0.05, 0.1) is 6.10 Å². The van der Waals surface area contributed by atoms with E-state index in [1.54, 1.807) is 0 Å². The molecule has 1 aliphatic heterocycles. The van der Waals surface area contributed by atoms with Crippen molar-refractivity contribution in [2.24, 2.45) is 4.99 Å². The first-order valence-electron chi connectivity index (χ1n) is 11.8. The maximum atomic E-state index is 9.66. The van der Waals surface area contributed by atoms with Crippen molar-refractivity contribution in [3.05, 3.63) is 65.2 Å². The number of aliphatic imine (C=N–C) groups is 1. The maximum absolute atomic E-state index is 9.66. The van der Waals surface area contributed by atoms with Gasteiger partial charge in [0.25, 0.3) is 0 Å². The number of aryl methyl sites for hydroxylation is 1. The summed E-state index contributed by atoms with van der Waals surface area (Å²) in [6, 6.07) is 17.4. The molecule has 0 radical (unpaired) electrons. The zero-order valence-electron chi connectivity index (χ0n) is 19.8. The standard InChI is InChI=1S/C26H39N5O/c1-4-31(24-7-5-6-21(2)18-24)17-14-28-26(27-3)29-19-22-8-10-23(11-9-22)20-30-15-12-25(32)13-16-30/h5-11,18,25,32H,4,12-17,19-20H2,1-3H3,(H2,27,28,29). The van der Waals surface area contributed by atoms with E-state index >= 15 is 0 Å². The predicted octanol–water partition coefficient (Wildman–Crippen LogP) is 3.14. The van der Waals surface area contributed by atoms with Gasteiger partial charge < -0.3 is 20.6 Å². The van der Waals surface area contributed by atoms with E-state index in [4.69, 9.17) is 0 Å². The Morgan fingerprint density at radius 2 is 1.81 bits per heavy atom. The zero-order chi connectivity index (χ0) is 22.8. The maximum Gasteiger partial charge on any atom is 0.191 e. The molecular formula is C26H39N5O. The van der Waals surface area contributed by atoms with Crippen molar-refractivity contribution in [2.45, 2.75) is 45.9 Å². The molecule has 0 amide bonds. The molecule has 6 heteroatoms. The number of guanidine groups is 1. The summed E-state index contributed by atoms with van der Waals surface area (Å²) in [6.45, 7) is 10.7. The highest BCUT2D eigenvalue weighted by atomic mass is 16.3. The minimum Gasteiger partial charge on any atom is -0.393 e. The van der Waals surface area contributed by atoms with Crippen LogP contribution < -0.4 is 15.5 Å². The first-order chi connectivity index (χ1) is 15.6. The van der Waals surface area contributed by atoms with Crippen LogP contribution in [0.5, 0.6) is 0 Å². The van der Waals surface area contributed by atoms with Crippen LogP contribution in [0, 0.1) is 6.92 Å². The molecule has 2 aromatic carbocycles. The van der Waals surface area contributed by atoms with Crippen molar-refractivity contribution in [2.75, 3.05) is 44.7 Å². The highest BCUT2D eigenvalue weighted by molar-refractivity contribution is 5.79. The van der Waals surface area contributed by atoms with E-state index in [0.29, 0.717) is 0 Å². The normalized spacial score (nSPS) is 15.6. The highest BCUT2D eigenvalue weighted by Crippen LogP contribution is 2.15. The number of piperidine rings is 1. The number of hydrogen-bond acceptors (Lipinski definition) is 4. The van der Waals surface area contributed by atoms with E-state index in [0.717, 1.165) is 64.6 Å². The quantitative estimate of drug-likeness (QED) is 0.416. The zero-order valence-corrected chi connectivity index (χ0v) is 19.8. The third-order valence-corrected chi connectivity index (χ3v) is 6.09. The molecule has 0 spiro atoms. The predicted molar refractivity (Wildman–Crippen MR) is 134 cm³/mol. The SMILES string of the molecule is CCN(CCNC(=NC)NCc1ccc(CN2CCC(O)CC2)cc1)c1cccc(C)c1. The number of likely N-dealkylation sites (N-methyl/N-ethyl adjacent to an activating group) is 1. The fourth-order valence-corrected chi connectivity index (χ4v) is 4.11. The Hall–Kier alpha value is -2.57. The number of aliphatic hydroxyl groups excluding tert-OH is 1. The van der Waals surface area contributed by atoms with E-state index in [-0.39, 0.29) is 6.10 Å². The Balaban J connectivity index is 1.41. The highest BCUT2D eigenvalue weighted by Gasteiger charge is 2.16. The van der Waals surface area contributed by atoms with Crippen molar-refractivity contribution in [3.63, 3.8) is 0 Å². The lowest BCUT2D eigenvalue weighted by Gasteiger charge is -2.29. The van der Waals surface area contributed by atoms with Crippen molar-refractivity contribution in [1.82, 2.24) is 15.5 Å². The second kappa shape index (κ2) is 12.5. The number of nitrogens with one attached hydrogen (secondary N) is 2. The van der Waals surface area contributed by atoms with Crippen LogP contribution in [0.4, 0.5) is 5.69 Å². The van der Waals surface area contributed by atoms with Crippen LogP contribution in [0.2, 0.25) is 0 Å². The Bertz CT molecular complexity index is 844. The third-order valence-electron chi connectivity index (χ3n) is 6.09. The second-order valence-corrected chi connectivity index (χ2v) is 8.60. The van der Waals surface area contributed by atoms with Gasteiger partial charge in [0.1, 0.15) is 0 Å². The van der Waals surface area contributed by atoms with Crippen LogP contribution in [0.15, 0.2) is 53.5 Å². The largest absolute Gasteiger partial charge is 0.393 e. The van der Waals surface area contributed by atoms with E-state index in [9.17, 15) is 5.11 Å². The van der Waals surface area contributed by atoms with E-state index < -0.39 is 0 Å². The molecule has 174 valence electrons. The van der Waals surface area contributed by atoms with Gasteiger partial charge in [-0.2, -0.15) is 0 Å². The number of hydrogen-bond donors (Lipinski definition) is 3. The Labute approximate surface area is 193 Å². The molecular weight excluding hydrogens is 398 g/mol. The lowest BCUT2D eigenvalue weighted by Crippen LogP contribution is -2.41. The van der Waals surface area contributed by atoms with Crippen molar-refractivity contribution in [3.8, 4) is 0 Å². The molecule has 2 aromatic rings. The van der Waals surface area contributed by atoms with Crippen LogP contribution in [0.1, 0.15) is 36.5 Å². The first-order valence-corrected chi connectivity index (χ1v) is 11.8. The molecule has 0 bridgehead atoms. The van der Waals surface area contributed by atoms with Gasteiger partial charge in [0.15, 0.2) is 5.96 Å². The summed E-state index contributed by atoms with van der Waals surface area (Å²) in [4.78, 5) is 9.15. The molecule has 1 heterocycles. The minimum atomic E-state index is -0.115. The smallest absolute Gasteiger partial charge is 0.191 e. The summed E-state index contributed by atoms with van der Waals surface area (Å²) in [5.41, 5.74) is 5.11. The number of likely N-dealkylation sites (tertiary alicyclic amines) is 1. The van der Waals surface area contributed by atoms with Gasteiger partial charge in [0.2, 0.25) is 0 Å². The number of anilines is 1. The van der Waals surface area contributed by atoms with Crippen LogP contribution >= 0.6 is 0 Å². The molecule has 3 rings (SSSR count). The van der Waals surface area contributed by atoms with Gasteiger partial charge in [-0.1, -0.05) is 36.4 Å². The number of aliphatic hydroxyl groups is 1. The fraction of sp³-hybridized carbons (Fsp3) is 0.500. The van der Waals surface area contributed by atoms with Crippen molar-refractivity contribution in [1.29, 1.82) is 0 Å². The second-order valence-electron chi connectivity index (χ2n) is 8.60. The van der Waals surface area contributed by atoms with E-state index in [1.807, 2.05) is 7.05 Å². The summed E-state index contributed by atoms with van der Waals surface area (Å²) in [6.07, 6.45) is 1.65. The molecule has 0 aromatic heterocycles. The summed E-state index contributed by atoms with van der Waals surface area (Å²) in [5, 5.41) is 16.5.